The number of hydrogen-bond donors (Lipinski definition) is 2. The van der Waals surface area contributed by atoms with Gasteiger partial charge in [0.05, 0.1) is 14.6 Å². The first-order valence-electron chi connectivity index (χ1n) is 7.62. The Morgan fingerprint density at radius 3 is 2.83 bits per heavy atom. The minimum absolute atomic E-state index is 0.261. The molecule has 3 N–H and O–H groups in total. The SMILES string of the molecule is C[Si](C)(C)/C=C/c1cc(Nc2ccnc(N)n2)cc2c1CN=C2. The minimum atomic E-state index is -1.25. The number of anilines is 3. The van der Waals surface area contributed by atoms with Crippen LogP contribution in [0.15, 0.2) is 35.1 Å². The van der Waals surface area contributed by atoms with Gasteiger partial charge >= 0.3 is 0 Å². The summed E-state index contributed by atoms with van der Waals surface area (Å²) in [5.41, 5.74) is 12.6. The van der Waals surface area contributed by atoms with Gasteiger partial charge < -0.3 is 11.1 Å². The molecule has 1 aromatic heterocycles. The molecule has 23 heavy (non-hydrogen) atoms. The zero-order valence-electron chi connectivity index (χ0n) is 13.7. The van der Waals surface area contributed by atoms with Crippen LogP contribution in [0.25, 0.3) is 6.08 Å². The molecule has 0 saturated carbocycles. The molecule has 2 heterocycles. The van der Waals surface area contributed by atoms with E-state index in [9.17, 15) is 0 Å². The third-order valence-corrected chi connectivity index (χ3v) is 4.67. The summed E-state index contributed by atoms with van der Waals surface area (Å²) in [5, 5.41) is 3.30. The van der Waals surface area contributed by atoms with E-state index in [1.165, 1.54) is 11.1 Å². The molecule has 0 saturated heterocycles. The second-order valence-electron chi connectivity index (χ2n) is 6.73. The molecule has 1 aromatic carbocycles. The van der Waals surface area contributed by atoms with Crippen molar-refractivity contribution in [3.8, 4) is 0 Å². The molecule has 0 amide bonds. The van der Waals surface area contributed by atoms with Crippen molar-refractivity contribution < 1.29 is 0 Å². The molecular weight excluding hydrogens is 302 g/mol. The van der Waals surface area contributed by atoms with Gasteiger partial charge in [-0.05, 0) is 34.9 Å². The highest BCUT2D eigenvalue weighted by atomic mass is 28.3. The van der Waals surface area contributed by atoms with Crippen LogP contribution in [0.1, 0.15) is 16.7 Å². The molecule has 5 nitrogen and oxygen atoms in total. The topological polar surface area (TPSA) is 76.2 Å². The quantitative estimate of drug-likeness (QED) is 0.843. The Balaban J connectivity index is 1.95. The third-order valence-electron chi connectivity index (χ3n) is 3.51. The number of nitrogen functional groups attached to an aromatic ring is 1. The molecule has 0 fully saturated rings. The Morgan fingerprint density at radius 2 is 2.09 bits per heavy atom. The lowest BCUT2D eigenvalue weighted by Crippen LogP contribution is -2.15. The van der Waals surface area contributed by atoms with E-state index in [1.807, 2.05) is 6.21 Å². The maximum Gasteiger partial charge on any atom is 0.221 e. The predicted octanol–water partition coefficient (Wildman–Crippen LogP) is 3.63. The summed E-state index contributed by atoms with van der Waals surface area (Å²) in [6.45, 7) is 7.73. The van der Waals surface area contributed by atoms with Crippen LogP contribution in [0, 0.1) is 0 Å². The van der Waals surface area contributed by atoms with Crippen molar-refractivity contribution in [1.82, 2.24) is 9.97 Å². The first kappa shape index (κ1) is 15.4. The average Bonchev–Trinajstić information content (AvgIpc) is 2.92. The van der Waals surface area contributed by atoms with Crippen molar-refractivity contribution in [2.24, 2.45) is 4.99 Å². The van der Waals surface area contributed by atoms with Crippen molar-refractivity contribution in [1.29, 1.82) is 0 Å². The summed E-state index contributed by atoms with van der Waals surface area (Å²) in [6, 6.07) is 6.04. The van der Waals surface area contributed by atoms with Gasteiger partial charge in [-0.15, -0.1) is 0 Å². The molecule has 0 aliphatic carbocycles. The standard InChI is InChI=1S/C17H21N5Si/c1-23(2,3)7-5-12-8-14(9-13-10-19-11-15(12)13)21-16-4-6-20-17(18)22-16/h4-10H,11H2,1-3H3,(H3,18,20,21,22)/b7-5+. The zero-order chi connectivity index (χ0) is 16.4. The van der Waals surface area contributed by atoms with Crippen LogP contribution in [0.2, 0.25) is 19.6 Å². The summed E-state index contributed by atoms with van der Waals surface area (Å²) in [4.78, 5) is 12.5. The molecule has 0 radical (unpaired) electrons. The van der Waals surface area contributed by atoms with E-state index < -0.39 is 8.07 Å². The number of aliphatic imine (C=N–C) groups is 1. The van der Waals surface area contributed by atoms with E-state index >= 15 is 0 Å². The van der Waals surface area contributed by atoms with E-state index in [2.05, 4.69) is 63.8 Å². The van der Waals surface area contributed by atoms with Crippen LogP contribution in [-0.2, 0) is 6.54 Å². The number of nitrogens with two attached hydrogens (primary N) is 1. The first-order valence-corrected chi connectivity index (χ1v) is 11.2. The normalized spacial score (nSPS) is 13.5. The molecule has 2 aromatic rings. The van der Waals surface area contributed by atoms with Crippen LogP contribution in [-0.4, -0.2) is 24.3 Å². The lowest BCUT2D eigenvalue weighted by Gasteiger charge is -2.12. The fraction of sp³-hybridized carbons (Fsp3) is 0.235. The first-order chi connectivity index (χ1) is 10.9. The fourth-order valence-electron chi connectivity index (χ4n) is 2.40. The molecule has 0 atom stereocenters. The second-order valence-corrected chi connectivity index (χ2v) is 11.8. The molecule has 6 heteroatoms. The van der Waals surface area contributed by atoms with E-state index in [-0.39, 0.29) is 5.95 Å². The van der Waals surface area contributed by atoms with Crippen LogP contribution >= 0.6 is 0 Å². The number of nitrogens with one attached hydrogen (secondary N) is 1. The molecule has 3 rings (SSSR count). The van der Waals surface area contributed by atoms with Crippen molar-refractivity contribution in [2.45, 2.75) is 26.2 Å². The van der Waals surface area contributed by atoms with E-state index in [0.717, 1.165) is 17.8 Å². The molecule has 0 unspecified atom stereocenters. The number of hydrogen-bond acceptors (Lipinski definition) is 5. The average molecular weight is 323 g/mol. The number of rotatable bonds is 4. The molecule has 0 bridgehead atoms. The third kappa shape index (κ3) is 3.84. The Morgan fingerprint density at radius 1 is 1.26 bits per heavy atom. The number of aromatic nitrogens is 2. The Bertz CT molecular complexity index is 790. The summed E-state index contributed by atoms with van der Waals surface area (Å²) in [5.74, 6) is 0.948. The van der Waals surface area contributed by atoms with Gasteiger partial charge in [0.25, 0.3) is 0 Å². The largest absolute Gasteiger partial charge is 0.368 e. The van der Waals surface area contributed by atoms with Gasteiger partial charge in [-0.25, -0.2) is 4.98 Å². The summed E-state index contributed by atoms with van der Waals surface area (Å²) in [7, 11) is -1.25. The van der Waals surface area contributed by atoms with E-state index in [1.54, 1.807) is 12.3 Å². The van der Waals surface area contributed by atoms with Gasteiger partial charge in [0.1, 0.15) is 5.82 Å². The zero-order valence-corrected chi connectivity index (χ0v) is 14.7. The monoisotopic (exact) mass is 323 g/mol. The highest BCUT2D eigenvalue weighted by Crippen LogP contribution is 2.27. The summed E-state index contributed by atoms with van der Waals surface area (Å²) >= 11 is 0. The number of benzene rings is 1. The molecule has 118 valence electrons. The number of fused-ring (bicyclic) bond motifs is 1. The van der Waals surface area contributed by atoms with Crippen LogP contribution < -0.4 is 11.1 Å². The summed E-state index contributed by atoms with van der Waals surface area (Å²) in [6.07, 6.45) is 5.81. The highest BCUT2D eigenvalue weighted by molar-refractivity contribution is 6.81. The maximum atomic E-state index is 5.64. The van der Waals surface area contributed by atoms with Crippen molar-refractivity contribution in [3.63, 3.8) is 0 Å². The van der Waals surface area contributed by atoms with Gasteiger partial charge in [-0.3, -0.25) is 4.99 Å². The van der Waals surface area contributed by atoms with Gasteiger partial charge in [0.2, 0.25) is 5.95 Å². The molecule has 1 aliphatic rings. The van der Waals surface area contributed by atoms with Gasteiger partial charge in [0.15, 0.2) is 0 Å². The lowest BCUT2D eigenvalue weighted by molar-refractivity contribution is 1.11. The fourth-order valence-corrected chi connectivity index (χ4v) is 3.08. The van der Waals surface area contributed by atoms with Crippen molar-refractivity contribution in [3.05, 3.63) is 46.8 Å². The van der Waals surface area contributed by atoms with Gasteiger partial charge in [-0.1, -0.05) is 31.4 Å². The van der Waals surface area contributed by atoms with Crippen molar-refractivity contribution >= 4 is 37.8 Å². The smallest absolute Gasteiger partial charge is 0.221 e. The summed E-state index contributed by atoms with van der Waals surface area (Å²) < 4.78 is 0. The van der Waals surface area contributed by atoms with Crippen LogP contribution in [0.3, 0.4) is 0 Å². The minimum Gasteiger partial charge on any atom is -0.368 e. The lowest BCUT2D eigenvalue weighted by atomic mass is 10.0. The Kier molecular flexibility index (Phi) is 4.00. The van der Waals surface area contributed by atoms with Crippen LogP contribution in [0.4, 0.5) is 17.5 Å². The molecule has 0 spiro atoms. The Labute approximate surface area is 137 Å². The number of nitrogens with zero attached hydrogens (tertiary/aromatic N) is 3. The molecule has 1 aliphatic heterocycles. The van der Waals surface area contributed by atoms with Crippen molar-refractivity contribution in [2.75, 3.05) is 11.1 Å². The molecular formula is C17H21N5Si. The van der Waals surface area contributed by atoms with Gasteiger partial charge in [-0.2, -0.15) is 4.98 Å². The van der Waals surface area contributed by atoms with E-state index in [0.29, 0.717) is 5.82 Å². The highest BCUT2D eigenvalue weighted by Gasteiger charge is 2.14. The van der Waals surface area contributed by atoms with E-state index in [4.69, 9.17) is 5.73 Å². The second kappa shape index (κ2) is 5.96. The Hall–Kier alpha value is -2.47. The predicted molar refractivity (Wildman–Crippen MR) is 99.8 cm³/mol. The van der Waals surface area contributed by atoms with Crippen LogP contribution in [0.5, 0.6) is 0 Å². The van der Waals surface area contributed by atoms with Gasteiger partial charge in [0, 0.05) is 18.1 Å². The maximum absolute atomic E-state index is 5.64.